The number of rotatable bonds is 2. The molecule has 0 aliphatic rings. The van der Waals surface area contributed by atoms with Gasteiger partial charge < -0.3 is 5.11 Å². The second kappa shape index (κ2) is 4.45. The summed E-state index contributed by atoms with van der Waals surface area (Å²) in [6, 6.07) is 9.35. The molecule has 0 saturated heterocycles. The number of hydrogen-bond acceptors (Lipinski definition) is 2. The summed E-state index contributed by atoms with van der Waals surface area (Å²) in [5.41, 5.74) is 2.44. The van der Waals surface area contributed by atoms with Crippen molar-refractivity contribution in [2.24, 2.45) is 0 Å². The van der Waals surface area contributed by atoms with E-state index in [1.54, 1.807) is 42.1 Å². The number of nitrogens with zero attached hydrogens (tertiary/aromatic N) is 2. The molecule has 0 atom stereocenters. The number of aryl methyl sites for hydroxylation is 1. The van der Waals surface area contributed by atoms with Crippen LogP contribution in [0, 0.1) is 12.7 Å². The normalized spacial score (nSPS) is 10.9. The maximum atomic E-state index is 13.0. The summed E-state index contributed by atoms with van der Waals surface area (Å²) in [4.78, 5) is 11.1. The highest BCUT2D eigenvalue weighted by atomic mass is 19.1. The van der Waals surface area contributed by atoms with Gasteiger partial charge in [0.25, 0.3) is 0 Å². The van der Waals surface area contributed by atoms with Gasteiger partial charge >= 0.3 is 5.97 Å². The van der Waals surface area contributed by atoms with Crippen molar-refractivity contribution in [3.63, 3.8) is 0 Å². The van der Waals surface area contributed by atoms with Crippen LogP contribution < -0.4 is 0 Å². The highest BCUT2D eigenvalue weighted by Gasteiger charge is 2.12. The molecule has 0 fully saturated rings. The Morgan fingerprint density at radius 1 is 1.25 bits per heavy atom. The van der Waals surface area contributed by atoms with E-state index in [2.05, 4.69) is 5.10 Å². The van der Waals surface area contributed by atoms with Gasteiger partial charge in [0.2, 0.25) is 0 Å². The molecule has 2 aromatic carbocycles. The first-order valence-corrected chi connectivity index (χ1v) is 6.04. The summed E-state index contributed by atoms with van der Waals surface area (Å²) in [6.07, 6.45) is 1.60. The number of carboxylic acids is 1. The van der Waals surface area contributed by atoms with Crippen LogP contribution in [0.2, 0.25) is 0 Å². The molecular formula is C15H11FN2O2. The molecule has 0 aliphatic carbocycles. The number of carbonyl (C=O) groups is 1. The standard InChI is InChI=1S/C15H11FN2O2/c1-9-6-14-10(7-13(9)15(19)20)8-17-18(14)12-4-2-11(16)3-5-12/h2-8H,1H3,(H,19,20). The highest BCUT2D eigenvalue weighted by molar-refractivity contribution is 5.95. The minimum Gasteiger partial charge on any atom is -0.478 e. The fraction of sp³-hybridized carbons (Fsp3) is 0.0667. The summed E-state index contributed by atoms with van der Waals surface area (Å²) < 4.78 is 14.6. The van der Waals surface area contributed by atoms with Crippen LogP contribution in [0.5, 0.6) is 0 Å². The quantitative estimate of drug-likeness (QED) is 0.778. The van der Waals surface area contributed by atoms with Crippen LogP contribution in [0.15, 0.2) is 42.6 Å². The Balaban J connectivity index is 2.21. The van der Waals surface area contributed by atoms with Crippen LogP contribution in [-0.2, 0) is 0 Å². The molecule has 1 heterocycles. The topological polar surface area (TPSA) is 55.1 Å². The largest absolute Gasteiger partial charge is 0.478 e. The predicted molar refractivity (Wildman–Crippen MR) is 72.7 cm³/mol. The molecular weight excluding hydrogens is 259 g/mol. The zero-order chi connectivity index (χ0) is 14.3. The van der Waals surface area contributed by atoms with Gasteiger partial charge in [-0.05, 0) is 48.9 Å². The van der Waals surface area contributed by atoms with Gasteiger partial charge in [0.15, 0.2) is 0 Å². The number of hydrogen-bond donors (Lipinski definition) is 1. The summed E-state index contributed by atoms with van der Waals surface area (Å²) in [5.74, 6) is -1.27. The molecule has 3 rings (SSSR count). The van der Waals surface area contributed by atoms with Gasteiger partial charge in [0.05, 0.1) is 23.0 Å². The Morgan fingerprint density at radius 3 is 2.60 bits per heavy atom. The molecule has 0 unspecified atom stereocenters. The van der Waals surface area contributed by atoms with Crippen molar-refractivity contribution < 1.29 is 14.3 Å². The van der Waals surface area contributed by atoms with E-state index in [1.807, 2.05) is 0 Å². The Hall–Kier alpha value is -2.69. The second-order valence-corrected chi connectivity index (χ2v) is 4.56. The Labute approximate surface area is 114 Å². The van der Waals surface area contributed by atoms with Crippen LogP contribution in [0.1, 0.15) is 15.9 Å². The summed E-state index contributed by atoms with van der Waals surface area (Å²) >= 11 is 0. The number of halogens is 1. The number of aromatic carboxylic acids is 1. The smallest absolute Gasteiger partial charge is 0.335 e. The van der Waals surface area contributed by atoms with Crippen LogP contribution in [0.3, 0.4) is 0 Å². The van der Waals surface area contributed by atoms with Gasteiger partial charge in [-0.2, -0.15) is 5.10 Å². The summed E-state index contributed by atoms with van der Waals surface area (Å²) in [5, 5.41) is 14.1. The number of benzene rings is 2. The van der Waals surface area contributed by atoms with Crippen molar-refractivity contribution in [3.8, 4) is 5.69 Å². The molecule has 100 valence electrons. The van der Waals surface area contributed by atoms with Crippen molar-refractivity contribution in [2.45, 2.75) is 6.92 Å². The third-order valence-electron chi connectivity index (χ3n) is 3.22. The number of carboxylic acid groups (broad SMARTS) is 1. The van der Waals surface area contributed by atoms with Gasteiger partial charge in [-0.25, -0.2) is 13.9 Å². The molecule has 1 N–H and O–H groups in total. The van der Waals surface area contributed by atoms with Gasteiger partial charge in [-0.15, -0.1) is 0 Å². The minimum atomic E-state index is -0.959. The van der Waals surface area contributed by atoms with Gasteiger partial charge in [-0.3, -0.25) is 0 Å². The maximum absolute atomic E-state index is 13.0. The molecule has 4 nitrogen and oxygen atoms in total. The number of fused-ring (bicyclic) bond motifs is 1. The van der Waals surface area contributed by atoms with Crippen molar-refractivity contribution in [2.75, 3.05) is 0 Å². The minimum absolute atomic E-state index is 0.260. The fourth-order valence-corrected chi connectivity index (χ4v) is 2.20. The third-order valence-corrected chi connectivity index (χ3v) is 3.22. The first kappa shape index (κ1) is 12.3. The van der Waals surface area contributed by atoms with Crippen LogP contribution in [-0.4, -0.2) is 20.9 Å². The summed E-state index contributed by atoms with van der Waals surface area (Å²) in [7, 11) is 0. The van der Waals surface area contributed by atoms with Gasteiger partial charge in [0, 0.05) is 5.39 Å². The van der Waals surface area contributed by atoms with Gasteiger partial charge in [-0.1, -0.05) is 0 Å². The van der Waals surface area contributed by atoms with Gasteiger partial charge in [0.1, 0.15) is 5.82 Å². The molecule has 0 saturated carbocycles. The Kier molecular flexibility index (Phi) is 2.75. The monoisotopic (exact) mass is 270 g/mol. The predicted octanol–water partition coefficient (Wildman–Crippen LogP) is 3.17. The van der Waals surface area contributed by atoms with E-state index in [4.69, 9.17) is 5.11 Å². The lowest BCUT2D eigenvalue weighted by Crippen LogP contribution is -2.01. The van der Waals surface area contributed by atoms with Crippen molar-refractivity contribution in [1.82, 2.24) is 9.78 Å². The fourth-order valence-electron chi connectivity index (χ4n) is 2.20. The van der Waals surface area contributed by atoms with Crippen LogP contribution in [0.4, 0.5) is 4.39 Å². The molecule has 1 aromatic heterocycles. The van der Waals surface area contributed by atoms with Crippen molar-refractivity contribution in [1.29, 1.82) is 0 Å². The van der Waals surface area contributed by atoms with E-state index >= 15 is 0 Å². The highest BCUT2D eigenvalue weighted by Crippen LogP contribution is 2.22. The van der Waals surface area contributed by atoms with E-state index < -0.39 is 5.97 Å². The zero-order valence-corrected chi connectivity index (χ0v) is 10.7. The van der Waals surface area contributed by atoms with Crippen molar-refractivity contribution in [3.05, 3.63) is 59.5 Å². The lowest BCUT2D eigenvalue weighted by Gasteiger charge is -2.05. The average Bonchev–Trinajstić information content (AvgIpc) is 2.81. The molecule has 0 bridgehead atoms. The first-order valence-electron chi connectivity index (χ1n) is 6.04. The second-order valence-electron chi connectivity index (χ2n) is 4.56. The van der Waals surface area contributed by atoms with Crippen LogP contribution in [0.25, 0.3) is 16.6 Å². The van der Waals surface area contributed by atoms with Crippen LogP contribution >= 0.6 is 0 Å². The maximum Gasteiger partial charge on any atom is 0.335 e. The Bertz CT molecular complexity index is 807. The third kappa shape index (κ3) is 1.93. The van der Waals surface area contributed by atoms with E-state index in [0.29, 0.717) is 5.56 Å². The molecule has 0 aliphatic heterocycles. The van der Waals surface area contributed by atoms with E-state index in [9.17, 15) is 9.18 Å². The SMILES string of the molecule is Cc1cc2c(cnn2-c2ccc(F)cc2)cc1C(=O)O. The molecule has 0 radical (unpaired) electrons. The average molecular weight is 270 g/mol. The lowest BCUT2D eigenvalue weighted by atomic mass is 10.1. The number of aromatic nitrogens is 2. The molecule has 5 heteroatoms. The van der Waals surface area contributed by atoms with E-state index in [-0.39, 0.29) is 11.4 Å². The van der Waals surface area contributed by atoms with E-state index in [1.165, 1.54) is 12.1 Å². The first-order chi connectivity index (χ1) is 9.56. The molecule has 0 spiro atoms. The van der Waals surface area contributed by atoms with Crippen molar-refractivity contribution >= 4 is 16.9 Å². The lowest BCUT2D eigenvalue weighted by molar-refractivity contribution is 0.0696. The molecule has 0 amide bonds. The van der Waals surface area contributed by atoms with E-state index in [0.717, 1.165) is 16.6 Å². The Morgan fingerprint density at radius 2 is 1.95 bits per heavy atom. The zero-order valence-electron chi connectivity index (χ0n) is 10.7. The molecule has 3 aromatic rings. The summed E-state index contributed by atoms with van der Waals surface area (Å²) in [6.45, 7) is 1.74. The molecule has 20 heavy (non-hydrogen) atoms.